The molecule has 0 spiro atoms. The lowest BCUT2D eigenvalue weighted by atomic mass is 10.0. The van der Waals surface area contributed by atoms with Crippen molar-refractivity contribution in [3.05, 3.63) is 59.7 Å². The first-order valence-corrected chi connectivity index (χ1v) is 7.94. The third-order valence-corrected chi connectivity index (χ3v) is 3.94. The van der Waals surface area contributed by atoms with Crippen LogP contribution >= 0.6 is 21.7 Å². The summed E-state index contributed by atoms with van der Waals surface area (Å²) in [6.45, 7) is 4.90. The van der Waals surface area contributed by atoms with Gasteiger partial charge >= 0.3 is 0 Å². The Morgan fingerprint density at radius 1 is 1.11 bits per heavy atom. The van der Waals surface area contributed by atoms with Gasteiger partial charge in [-0.05, 0) is 50.8 Å². The van der Waals surface area contributed by atoms with Crippen LogP contribution in [0.3, 0.4) is 0 Å². The molecule has 0 aromatic heterocycles. The third-order valence-electron chi connectivity index (χ3n) is 2.95. The number of halogens is 1. The van der Waals surface area contributed by atoms with Gasteiger partial charge in [0.15, 0.2) is 0 Å². The second-order valence-corrected chi connectivity index (χ2v) is 5.77. The summed E-state index contributed by atoms with van der Waals surface area (Å²) in [5, 5.41) is 0. The van der Waals surface area contributed by atoms with Crippen molar-refractivity contribution in [1.29, 1.82) is 0 Å². The first kappa shape index (κ1) is 14.3. The molecule has 3 heteroatoms. The smallest absolute Gasteiger partial charge is 0.134 e. The Labute approximate surface area is 123 Å². The second kappa shape index (κ2) is 6.88. The van der Waals surface area contributed by atoms with E-state index in [1.54, 1.807) is 0 Å². The van der Waals surface area contributed by atoms with Crippen LogP contribution in [0.2, 0.25) is 0 Å². The van der Waals surface area contributed by atoms with E-state index >= 15 is 0 Å². The van der Waals surface area contributed by atoms with Gasteiger partial charge < -0.3 is 4.74 Å². The molecule has 2 rings (SSSR count). The quantitative estimate of drug-likeness (QED) is 0.706. The van der Waals surface area contributed by atoms with Gasteiger partial charge in [-0.15, -0.1) is 0 Å². The van der Waals surface area contributed by atoms with Crippen LogP contribution in [0, 0.1) is 0 Å². The van der Waals surface area contributed by atoms with E-state index in [2.05, 4.69) is 38.1 Å². The average Bonchev–Trinajstić information content (AvgIpc) is 2.45. The van der Waals surface area contributed by atoms with Crippen LogP contribution in [0.4, 0.5) is 0 Å². The molecule has 0 bridgehead atoms. The van der Waals surface area contributed by atoms with E-state index in [4.69, 9.17) is 15.4 Å². The number of rotatable bonds is 5. The van der Waals surface area contributed by atoms with Gasteiger partial charge in [-0.2, -0.15) is 0 Å². The fraction of sp³-hybridized carbons (Fsp3) is 0.250. The molecule has 0 aliphatic rings. The molecule has 2 aromatic carbocycles. The first-order chi connectivity index (χ1) is 9.20. The minimum absolute atomic E-state index is 0.491. The van der Waals surface area contributed by atoms with E-state index in [0.29, 0.717) is 12.5 Å². The van der Waals surface area contributed by atoms with Gasteiger partial charge in [0.05, 0.1) is 4.90 Å². The third kappa shape index (κ3) is 3.92. The summed E-state index contributed by atoms with van der Waals surface area (Å²) >= 11 is 0. The lowest BCUT2D eigenvalue weighted by Gasteiger charge is -2.12. The highest BCUT2D eigenvalue weighted by atomic mass is 35.7. The highest BCUT2D eigenvalue weighted by Gasteiger charge is 2.08. The van der Waals surface area contributed by atoms with Gasteiger partial charge in [0.2, 0.25) is 0 Å². The summed E-state index contributed by atoms with van der Waals surface area (Å²) in [6, 6.07) is 16.3. The van der Waals surface area contributed by atoms with E-state index in [-0.39, 0.29) is 0 Å². The zero-order chi connectivity index (χ0) is 13.7. The topological polar surface area (TPSA) is 9.23 Å². The minimum atomic E-state index is 0.491. The molecule has 0 heterocycles. The van der Waals surface area contributed by atoms with Crippen molar-refractivity contribution in [1.82, 2.24) is 0 Å². The van der Waals surface area contributed by atoms with Crippen molar-refractivity contribution in [3.63, 3.8) is 0 Å². The molecule has 0 N–H and O–H groups in total. The van der Waals surface area contributed by atoms with Crippen LogP contribution < -0.4 is 4.74 Å². The fourth-order valence-corrected chi connectivity index (χ4v) is 2.54. The highest BCUT2D eigenvalue weighted by Crippen LogP contribution is 2.35. The maximum absolute atomic E-state index is 5.93. The van der Waals surface area contributed by atoms with E-state index < -0.39 is 0 Å². The summed E-state index contributed by atoms with van der Waals surface area (Å²) in [6.07, 6.45) is 0. The van der Waals surface area contributed by atoms with Crippen LogP contribution in [0.1, 0.15) is 30.9 Å². The highest BCUT2D eigenvalue weighted by molar-refractivity contribution is 8.21. The first-order valence-electron chi connectivity index (χ1n) is 6.30. The van der Waals surface area contributed by atoms with Crippen molar-refractivity contribution in [3.8, 4) is 5.75 Å². The molecule has 0 saturated heterocycles. The zero-order valence-corrected chi connectivity index (χ0v) is 12.7. The molecule has 100 valence electrons. The Bertz CT molecular complexity index is 526. The van der Waals surface area contributed by atoms with Gasteiger partial charge in [-0.3, -0.25) is 0 Å². The van der Waals surface area contributed by atoms with Crippen LogP contribution in [-0.4, -0.2) is 0 Å². The molecule has 2 aromatic rings. The molecular formula is C16H17ClOS. The molecule has 0 aliphatic heterocycles. The molecule has 0 amide bonds. The van der Waals surface area contributed by atoms with E-state index in [1.807, 2.05) is 24.3 Å². The standard InChI is InChI=1S/C16H17ClOS/c1-12(2)14-8-9-15(16(10-14)19-17)18-11-13-6-4-3-5-7-13/h3-10,12H,11H2,1-2H3. The molecule has 0 atom stereocenters. The summed E-state index contributed by atoms with van der Waals surface area (Å²) in [5.41, 5.74) is 2.43. The monoisotopic (exact) mass is 292 g/mol. The zero-order valence-electron chi connectivity index (χ0n) is 11.1. The molecule has 19 heavy (non-hydrogen) atoms. The summed E-state index contributed by atoms with van der Waals surface area (Å²) in [5.74, 6) is 1.33. The lowest BCUT2D eigenvalue weighted by Crippen LogP contribution is -1.97. The SMILES string of the molecule is CC(C)c1ccc(OCc2ccccc2)c(SCl)c1. The van der Waals surface area contributed by atoms with E-state index in [0.717, 1.165) is 16.2 Å². The molecular weight excluding hydrogens is 276 g/mol. The van der Waals surface area contributed by atoms with E-state index in [9.17, 15) is 0 Å². The minimum Gasteiger partial charge on any atom is -0.488 e. The van der Waals surface area contributed by atoms with Crippen molar-refractivity contribution >= 4 is 21.7 Å². The Kier molecular flexibility index (Phi) is 5.17. The van der Waals surface area contributed by atoms with Crippen molar-refractivity contribution in [2.75, 3.05) is 0 Å². The van der Waals surface area contributed by atoms with Gasteiger partial charge in [0, 0.05) is 0 Å². The largest absolute Gasteiger partial charge is 0.488 e. The van der Waals surface area contributed by atoms with Crippen LogP contribution in [-0.2, 0) is 6.61 Å². The normalized spacial score (nSPS) is 10.7. The van der Waals surface area contributed by atoms with Crippen LogP contribution in [0.25, 0.3) is 0 Å². The summed E-state index contributed by atoms with van der Waals surface area (Å²) < 4.78 is 5.84. The van der Waals surface area contributed by atoms with Gasteiger partial charge in [0.1, 0.15) is 12.4 Å². The van der Waals surface area contributed by atoms with E-state index in [1.165, 1.54) is 16.5 Å². The molecule has 0 unspecified atom stereocenters. The summed E-state index contributed by atoms with van der Waals surface area (Å²) in [7, 11) is 7.14. The number of benzene rings is 2. The fourth-order valence-electron chi connectivity index (χ4n) is 1.80. The molecule has 0 aliphatic carbocycles. The Morgan fingerprint density at radius 2 is 1.84 bits per heavy atom. The number of ether oxygens (including phenoxy) is 1. The maximum Gasteiger partial charge on any atom is 0.134 e. The maximum atomic E-state index is 5.93. The predicted octanol–water partition coefficient (Wildman–Crippen LogP) is 5.63. The lowest BCUT2D eigenvalue weighted by molar-refractivity contribution is 0.299. The Morgan fingerprint density at radius 3 is 2.47 bits per heavy atom. The van der Waals surface area contributed by atoms with Crippen molar-refractivity contribution in [2.45, 2.75) is 31.3 Å². The second-order valence-electron chi connectivity index (χ2n) is 4.71. The molecule has 0 fully saturated rings. The molecule has 0 saturated carbocycles. The number of hydrogen-bond donors (Lipinski definition) is 0. The van der Waals surface area contributed by atoms with Crippen molar-refractivity contribution in [2.24, 2.45) is 0 Å². The molecule has 1 nitrogen and oxygen atoms in total. The van der Waals surface area contributed by atoms with Gasteiger partial charge in [-0.1, -0.05) is 50.2 Å². The number of hydrogen-bond acceptors (Lipinski definition) is 2. The molecule has 0 radical (unpaired) electrons. The Balaban J connectivity index is 2.12. The van der Waals surface area contributed by atoms with Crippen LogP contribution in [0.5, 0.6) is 5.75 Å². The average molecular weight is 293 g/mol. The van der Waals surface area contributed by atoms with Crippen molar-refractivity contribution < 1.29 is 4.74 Å². The summed E-state index contributed by atoms with van der Waals surface area (Å²) in [4.78, 5) is 0.976. The van der Waals surface area contributed by atoms with Gasteiger partial charge in [0.25, 0.3) is 0 Å². The Hall–Kier alpha value is -1.12. The predicted molar refractivity (Wildman–Crippen MR) is 83.0 cm³/mol. The van der Waals surface area contributed by atoms with Gasteiger partial charge in [-0.25, -0.2) is 0 Å². The van der Waals surface area contributed by atoms with Crippen LogP contribution in [0.15, 0.2) is 53.4 Å².